The van der Waals surface area contributed by atoms with Crippen molar-refractivity contribution >= 4 is 35.2 Å². The van der Waals surface area contributed by atoms with E-state index in [4.69, 9.17) is 17.0 Å². The van der Waals surface area contributed by atoms with Gasteiger partial charge < -0.3 is 4.74 Å². The van der Waals surface area contributed by atoms with Crippen molar-refractivity contribution < 1.29 is 18.7 Å². The molecule has 146 valence electrons. The van der Waals surface area contributed by atoms with E-state index in [0.717, 1.165) is 6.42 Å². The minimum absolute atomic E-state index is 0.0746. The molecular formula is C20H20FN3O3S. The van der Waals surface area contributed by atoms with Gasteiger partial charge in [0.2, 0.25) is 5.91 Å². The van der Waals surface area contributed by atoms with Crippen molar-refractivity contribution in [1.82, 2.24) is 16.2 Å². The smallest absolute Gasteiger partial charge is 0.276 e. The van der Waals surface area contributed by atoms with Crippen LogP contribution < -0.4 is 20.9 Å². The van der Waals surface area contributed by atoms with Gasteiger partial charge in [0.25, 0.3) is 5.91 Å². The highest BCUT2D eigenvalue weighted by molar-refractivity contribution is 7.80. The molecule has 0 aliphatic rings. The molecule has 0 saturated carbocycles. The monoisotopic (exact) mass is 401 g/mol. The first-order valence-electron chi connectivity index (χ1n) is 8.51. The summed E-state index contributed by atoms with van der Waals surface area (Å²) in [6.07, 6.45) is 3.67. The number of ether oxygens (including phenoxy) is 1. The quantitative estimate of drug-likeness (QED) is 0.394. The Balaban J connectivity index is 1.68. The van der Waals surface area contributed by atoms with Gasteiger partial charge in [0.05, 0.1) is 0 Å². The lowest BCUT2D eigenvalue weighted by molar-refractivity contribution is -0.123. The predicted molar refractivity (Wildman–Crippen MR) is 109 cm³/mol. The molecule has 0 radical (unpaired) electrons. The standard InChI is InChI=1S/C20H20FN3O3S/c1-2-14-5-10-17(11-6-14)27-13-19(26)23-24-20(28)22-18(25)12-7-15-3-8-16(21)9-4-15/h3-12H,2,13H2,1H3,(H,23,26)(H2,22,24,25,28)/b12-7+. The lowest BCUT2D eigenvalue weighted by atomic mass is 10.2. The van der Waals surface area contributed by atoms with E-state index >= 15 is 0 Å². The van der Waals surface area contributed by atoms with Crippen molar-refractivity contribution in [1.29, 1.82) is 0 Å². The summed E-state index contributed by atoms with van der Waals surface area (Å²) < 4.78 is 18.2. The zero-order valence-corrected chi connectivity index (χ0v) is 16.0. The van der Waals surface area contributed by atoms with E-state index in [-0.39, 0.29) is 17.5 Å². The molecule has 6 nitrogen and oxygen atoms in total. The third-order valence-electron chi connectivity index (χ3n) is 3.55. The number of hydrazine groups is 1. The average molecular weight is 401 g/mol. The number of benzene rings is 2. The molecule has 0 aromatic heterocycles. The highest BCUT2D eigenvalue weighted by Crippen LogP contribution is 2.12. The van der Waals surface area contributed by atoms with E-state index in [1.54, 1.807) is 12.1 Å². The van der Waals surface area contributed by atoms with E-state index < -0.39 is 11.8 Å². The molecule has 8 heteroatoms. The van der Waals surface area contributed by atoms with Gasteiger partial charge in [-0.25, -0.2) is 4.39 Å². The van der Waals surface area contributed by atoms with Crippen LogP contribution in [0.25, 0.3) is 6.08 Å². The maximum absolute atomic E-state index is 12.8. The average Bonchev–Trinajstić information content (AvgIpc) is 2.70. The zero-order chi connectivity index (χ0) is 20.4. The molecule has 0 spiro atoms. The van der Waals surface area contributed by atoms with Crippen molar-refractivity contribution in [3.05, 3.63) is 71.6 Å². The minimum Gasteiger partial charge on any atom is -0.484 e. The van der Waals surface area contributed by atoms with Crippen molar-refractivity contribution in [2.24, 2.45) is 0 Å². The molecule has 2 aromatic rings. The summed E-state index contributed by atoms with van der Waals surface area (Å²) in [5, 5.41) is 2.29. The third kappa shape index (κ3) is 7.55. The molecule has 28 heavy (non-hydrogen) atoms. The van der Waals surface area contributed by atoms with Crippen molar-refractivity contribution in [3.8, 4) is 5.75 Å². The molecule has 0 heterocycles. The van der Waals surface area contributed by atoms with Crippen LogP contribution in [0.2, 0.25) is 0 Å². The van der Waals surface area contributed by atoms with E-state index in [0.29, 0.717) is 11.3 Å². The van der Waals surface area contributed by atoms with E-state index in [9.17, 15) is 14.0 Å². The number of nitrogens with one attached hydrogen (secondary N) is 3. The number of rotatable bonds is 6. The van der Waals surface area contributed by atoms with E-state index in [2.05, 4.69) is 23.1 Å². The first kappa shape index (κ1) is 21.0. The maximum Gasteiger partial charge on any atom is 0.276 e. The SMILES string of the molecule is CCc1ccc(OCC(=O)NNC(=S)NC(=O)/C=C/c2ccc(F)cc2)cc1. The zero-order valence-electron chi connectivity index (χ0n) is 15.2. The van der Waals surface area contributed by atoms with E-state index in [1.807, 2.05) is 12.1 Å². The first-order valence-corrected chi connectivity index (χ1v) is 8.92. The predicted octanol–water partition coefficient (Wildman–Crippen LogP) is 2.50. The Morgan fingerprint density at radius 1 is 1.07 bits per heavy atom. The summed E-state index contributed by atoms with van der Waals surface area (Å²) in [6.45, 7) is 1.84. The van der Waals surface area contributed by atoms with Crippen LogP contribution in [-0.4, -0.2) is 23.5 Å². The lowest BCUT2D eigenvalue weighted by Gasteiger charge is -2.10. The number of amides is 2. The molecule has 0 aliphatic heterocycles. The molecule has 0 atom stereocenters. The Kier molecular flexibility index (Phi) is 8.11. The van der Waals surface area contributed by atoms with Gasteiger partial charge in [-0.1, -0.05) is 31.2 Å². The number of aryl methyl sites for hydroxylation is 1. The molecule has 0 bridgehead atoms. The van der Waals surface area contributed by atoms with E-state index in [1.165, 1.54) is 42.0 Å². The second kappa shape index (κ2) is 10.8. The number of hydrogen-bond acceptors (Lipinski definition) is 4. The van der Waals surface area contributed by atoms with Crippen LogP contribution >= 0.6 is 12.2 Å². The van der Waals surface area contributed by atoms with Gasteiger partial charge in [-0.3, -0.25) is 25.8 Å². The van der Waals surface area contributed by atoms with Crippen molar-refractivity contribution in [3.63, 3.8) is 0 Å². The summed E-state index contributed by atoms with van der Waals surface area (Å²) in [4.78, 5) is 23.5. The Morgan fingerprint density at radius 3 is 2.39 bits per heavy atom. The molecule has 0 fully saturated rings. The molecular weight excluding hydrogens is 381 g/mol. The highest BCUT2D eigenvalue weighted by Gasteiger charge is 2.05. The van der Waals surface area contributed by atoms with Crippen LogP contribution in [0, 0.1) is 5.82 Å². The van der Waals surface area contributed by atoms with Crippen LogP contribution in [0.15, 0.2) is 54.6 Å². The summed E-state index contributed by atoms with van der Waals surface area (Å²) in [6, 6.07) is 13.1. The highest BCUT2D eigenvalue weighted by atomic mass is 32.1. The Bertz CT molecular complexity index is 852. The number of halogens is 1. The Hall–Kier alpha value is -3.26. The van der Waals surface area contributed by atoms with Crippen molar-refractivity contribution in [2.45, 2.75) is 13.3 Å². The second-order valence-electron chi connectivity index (χ2n) is 5.66. The van der Waals surface area contributed by atoms with Crippen LogP contribution in [0.4, 0.5) is 4.39 Å². The Morgan fingerprint density at radius 2 is 1.75 bits per heavy atom. The normalized spacial score (nSPS) is 10.4. The first-order chi connectivity index (χ1) is 13.5. The Labute approximate surface area is 167 Å². The number of hydrogen-bond donors (Lipinski definition) is 3. The van der Waals surface area contributed by atoms with Crippen LogP contribution in [0.3, 0.4) is 0 Å². The van der Waals surface area contributed by atoms with Gasteiger partial charge in [0.1, 0.15) is 11.6 Å². The maximum atomic E-state index is 12.8. The minimum atomic E-state index is -0.497. The van der Waals surface area contributed by atoms with Crippen LogP contribution in [0.1, 0.15) is 18.1 Å². The van der Waals surface area contributed by atoms with Gasteiger partial charge in [-0.2, -0.15) is 0 Å². The molecule has 0 unspecified atom stereocenters. The largest absolute Gasteiger partial charge is 0.484 e. The summed E-state index contributed by atoms with van der Waals surface area (Å²) >= 11 is 4.92. The molecule has 2 amide bonds. The molecule has 0 aliphatic carbocycles. The summed E-state index contributed by atoms with van der Waals surface area (Å²) in [5.41, 5.74) is 6.57. The van der Waals surface area contributed by atoms with Gasteiger partial charge in [-0.15, -0.1) is 0 Å². The molecule has 2 aromatic carbocycles. The summed E-state index contributed by atoms with van der Waals surface area (Å²) in [7, 11) is 0. The fraction of sp³-hybridized carbons (Fsp3) is 0.150. The summed E-state index contributed by atoms with van der Waals surface area (Å²) in [5.74, 6) is -0.736. The number of carbonyl (C=O) groups is 2. The topological polar surface area (TPSA) is 79.5 Å². The van der Waals surface area contributed by atoms with Gasteiger partial charge in [-0.05, 0) is 60.1 Å². The molecule has 0 saturated heterocycles. The third-order valence-corrected chi connectivity index (χ3v) is 3.75. The lowest BCUT2D eigenvalue weighted by Crippen LogP contribution is -2.49. The fourth-order valence-electron chi connectivity index (χ4n) is 2.06. The molecule has 2 rings (SSSR count). The van der Waals surface area contributed by atoms with Crippen LogP contribution in [-0.2, 0) is 16.0 Å². The van der Waals surface area contributed by atoms with Gasteiger partial charge >= 0.3 is 0 Å². The fourth-order valence-corrected chi connectivity index (χ4v) is 2.22. The second-order valence-corrected chi connectivity index (χ2v) is 6.07. The molecule has 3 N–H and O–H groups in total. The van der Waals surface area contributed by atoms with Crippen molar-refractivity contribution in [2.75, 3.05) is 6.61 Å². The van der Waals surface area contributed by atoms with Gasteiger partial charge in [0.15, 0.2) is 11.7 Å². The number of thiocarbonyl (C=S) groups is 1. The number of carbonyl (C=O) groups excluding carboxylic acids is 2. The van der Waals surface area contributed by atoms with Gasteiger partial charge in [0, 0.05) is 6.08 Å². The van der Waals surface area contributed by atoms with Crippen LogP contribution in [0.5, 0.6) is 5.75 Å².